The highest BCUT2D eigenvalue weighted by Gasteiger charge is 2.23. The first-order valence-electron chi connectivity index (χ1n) is 7.58. The Hall–Kier alpha value is -1.88. The van der Waals surface area contributed by atoms with Gasteiger partial charge in [0, 0.05) is 43.5 Å². The summed E-state index contributed by atoms with van der Waals surface area (Å²) in [4.78, 5) is 2.52. The van der Waals surface area contributed by atoms with Crippen LogP contribution in [0, 0.1) is 0 Å². The number of nitrogens with one attached hydrogen (secondary N) is 1. The van der Waals surface area contributed by atoms with Gasteiger partial charge in [-0.15, -0.1) is 10.2 Å². The van der Waals surface area contributed by atoms with E-state index in [1.165, 1.54) is 18.7 Å². The number of hydrogen-bond acceptors (Lipinski definition) is 4. The third-order valence-corrected chi connectivity index (χ3v) is 4.18. The fraction of sp³-hybridized carbons (Fsp3) is 0.500. The first-order chi connectivity index (χ1) is 10.1. The molecule has 0 radical (unpaired) electrons. The van der Waals surface area contributed by atoms with Crippen LogP contribution in [0.15, 0.2) is 30.6 Å². The van der Waals surface area contributed by atoms with Crippen molar-refractivity contribution in [3.8, 4) is 11.4 Å². The van der Waals surface area contributed by atoms with Crippen molar-refractivity contribution in [3.05, 3.63) is 30.6 Å². The van der Waals surface area contributed by atoms with Crippen LogP contribution >= 0.6 is 0 Å². The summed E-state index contributed by atoms with van der Waals surface area (Å²) in [6.07, 6.45) is 2.93. The fourth-order valence-electron chi connectivity index (χ4n) is 2.87. The summed E-state index contributed by atoms with van der Waals surface area (Å²) >= 11 is 0. The molecule has 1 aliphatic rings. The molecule has 0 aliphatic carbocycles. The highest BCUT2D eigenvalue weighted by molar-refractivity contribution is 5.60. The summed E-state index contributed by atoms with van der Waals surface area (Å²) in [5, 5.41) is 11.7. The van der Waals surface area contributed by atoms with E-state index >= 15 is 0 Å². The van der Waals surface area contributed by atoms with Crippen molar-refractivity contribution in [1.29, 1.82) is 0 Å². The summed E-state index contributed by atoms with van der Waals surface area (Å²) < 4.78 is 1.93. The molecule has 1 aromatic heterocycles. The van der Waals surface area contributed by atoms with Crippen LogP contribution < -0.4 is 5.32 Å². The second-order valence-corrected chi connectivity index (χ2v) is 6.06. The summed E-state index contributed by atoms with van der Waals surface area (Å²) in [6, 6.07) is 9.63. The molecule has 1 aliphatic heterocycles. The molecule has 0 amide bonds. The molecule has 2 aromatic rings. The van der Waals surface area contributed by atoms with Gasteiger partial charge >= 0.3 is 0 Å². The Labute approximate surface area is 126 Å². The molecule has 1 fully saturated rings. The molecule has 1 unspecified atom stereocenters. The minimum absolute atomic E-state index is 0.549. The van der Waals surface area contributed by atoms with Crippen LogP contribution in [0.3, 0.4) is 0 Å². The topological polar surface area (TPSA) is 46.0 Å². The lowest BCUT2D eigenvalue weighted by Gasteiger charge is -2.20. The summed E-state index contributed by atoms with van der Waals surface area (Å²) in [5.74, 6) is 0.897. The average molecular weight is 285 g/mol. The molecule has 5 heteroatoms. The zero-order chi connectivity index (χ0) is 14.8. The van der Waals surface area contributed by atoms with Crippen LogP contribution in [0.4, 0.5) is 5.69 Å². The van der Waals surface area contributed by atoms with Crippen molar-refractivity contribution >= 4 is 5.69 Å². The van der Waals surface area contributed by atoms with Crippen LogP contribution in [-0.4, -0.2) is 44.8 Å². The molecule has 112 valence electrons. The van der Waals surface area contributed by atoms with E-state index in [1.54, 1.807) is 6.33 Å². The number of likely N-dealkylation sites (tertiary alicyclic amines) is 1. The quantitative estimate of drug-likeness (QED) is 0.937. The number of anilines is 1. The van der Waals surface area contributed by atoms with Crippen molar-refractivity contribution in [1.82, 2.24) is 19.7 Å². The Morgan fingerprint density at radius 2 is 2.00 bits per heavy atom. The molecule has 0 spiro atoms. The van der Waals surface area contributed by atoms with E-state index in [9.17, 15) is 0 Å². The number of aromatic nitrogens is 3. The van der Waals surface area contributed by atoms with Crippen molar-refractivity contribution in [3.63, 3.8) is 0 Å². The summed E-state index contributed by atoms with van der Waals surface area (Å²) in [5.41, 5.74) is 2.27. The molecule has 1 atom stereocenters. The standard InChI is InChI=1S/C16H23N5/c1-12(2)21-9-8-15(10-21)18-14-6-4-13(5-7-14)16-19-17-11-20(16)3/h4-7,11-12,15,18H,8-10H2,1-3H3. The fourth-order valence-corrected chi connectivity index (χ4v) is 2.87. The lowest BCUT2D eigenvalue weighted by molar-refractivity contribution is 0.274. The molecule has 21 heavy (non-hydrogen) atoms. The number of aryl methyl sites for hydroxylation is 1. The summed E-state index contributed by atoms with van der Waals surface area (Å²) in [6.45, 7) is 6.84. The van der Waals surface area contributed by atoms with E-state index in [0.717, 1.165) is 17.9 Å². The Kier molecular flexibility index (Phi) is 3.92. The maximum absolute atomic E-state index is 4.13. The van der Waals surface area contributed by atoms with Gasteiger partial charge in [0.1, 0.15) is 6.33 Å². The van der Waals surface area contributed by atoms with Crippen LogP contribution in [-0.2, 0) is 7.05 Å². The van der Waals surface area contributed by atoms with Gasteiger partial charge in [-0.05, 0) is 44.5 Å². The van der Waals surface area contributed by atoms with E-state index in [1.807, 2.05) is 11.6 Å². The zero-order valence-electron chi connectivity index (χ0n) is 13.0. The molecule has 1 N–H and O–H groups in total. The van der Waals surface area contributed by atoms with Gasteiger partial charge in [0.25, 0.3) is 0 Å². The lowest BCUT2D eigenvalue weighted by atomic mass is 10.1. The molecule has 0 saturated carbocycles. The van der Waals surface area contributed by atoms with Gasteiger partial charge in [0.2, 0.25) is 0 Å². The molecular formula is C16H23N5. The van der Waals surface area contributed by atoms with Crippen LogP contribution in [0.1, 0.15) is 20.3 Å². The van der Waals surface area contributed by atoms with Gasteiger partial charge in [-0.25, -0.2) is 0 Å². The molecule has 3 rings (SSSR count). The molecule has 5 nitrogen and oxygen atoms in total. The van der Waals surface area contributed by atoms with E-state index in [4.69, 9.17) is 0 Å². The third kappa shape index (κ3) is 3.08. The van der Waals surface area contributed by atoms with Crippen molar-refractivity contribution < 1.29 is 0 Å². The van der Waals surface area contributed by atoms with Crippen LogP contribution in [0.5, 0.6) is 0 Å². The number of benzene rings is 1. The minimum atomic E-state index is 0.549. The van der Waals surface area contributed by atoms with Crippen molar-refractivity contribution in [2.75, 3.05) is 18.4 Å². The normalized spacial score (nSPS) is 19.3. The molecule has 2 heterocycles. The highest BCUT2D eigenvalue weighted by Crippen LogP contribution is 2.21. The average Bonchev–Trinajstić information content (AvgIpc) is 3.09. The zero-order valence-corrected chi connectivity index (χ0v) is 13.0. The highest BCUT2D eigenvalue weighted by atomic mass is 15.2. The van der Waals surface area contributed by atoms with Gasteiger partial charge in [-0.1, -0.05) is 0 Å². The molecule has 1 aromatic carbocycles. The molecule has 1 saturated heterocycles. The van der Waals surface area contributed by atoms with Crippen molar-refractivity contribution in [2.45, 2.75) is 32.4 Å². The second kappa shape index (κ2) is 5.85. The van der Waals surface area contributed by atoms with Crippen LogP contribution in [0.25, 0.3) is 11.4 Å². The van der Waals surface area contributed by atoms with E-state index in [-0.39, 0.29) is 0 Å². The van der Waals surface area contributed by atoms with E-state index in [2.05, 4.69) is 58.5 Å². The monoisotopic (exact) mass is 285 g/mol. The van der Waals surface area contributed by atoms with Gasteiger partial charge in [0.05, 0.1) is 0 Å². The van der Waals surface area contributed by atoms with E-state index in [0.29, 0.717) is 12.1 Å². The predicted octanol–water partition coefficient (Wildman–Crippen LogP) is 2.38. The Morgan fingerprint density at radius 3 is 2.57 bits per heavy atom. The SMILES string of the molecule is CC(C)N1CCC(Nc2ccc(-c3nncn3C)cc2)C1. The maximum atomic E-state index is 4.13. The second-order valence-electron chi connectivity index (χ2n) is 6.06. The number of nitrogens with zero attached hydrogens (tertiary/aromatic N) is 4. The number of rotatable bonds is 4. The number of hydrogen-bond donors (Lipinski definition) is 1. The maximum Gasteiger partial charge on any atom is 0.163 e. The van der Waals surface area contributed by atoms with Gasteiger partial charge < -0.3 is 9.88 Å². The predicted molar refractivity (Wildman–Crippen MR) is 85.2 cm³/mol. The first-order valence-corrected chi connectivity index (χ1v) is 7.58. The smallest absolute Gasteiger partial charge is 0.163 e. The van der Waals surface area contributed by atoms with Crippen molar-refractivity contribution in [2.24, 2.45) is 7.05 Å². The minimum Gasteiger partial charge on any atom is -0.381 e. The Morgan fingerprint density at radius 1 is 1.24 bits per heavy atom. The van der Waals surface area contributed by atoms with Gasteiger partial charge in [-0.3, -0.25) is 4.90 Å². The van der Waals surface area contributed by atoms with E-state index < -0.39 is 0 Å². The molecule has 0 bridgehead atoms. The summed E-state index contributed by atoms with van der Waals surface area (Å²) in [7, 11) is 1.96. The lowest BCUT2D eigenvalue weighted by Crippen LogP contribution is -2.31. The third-order valence-electron chi connectivity index (χ3n) is 4.18. The Balaban J connectivity index is 1.64. The Bertz CT molecular complexity index is 587. The van der Waals surface area contributed by atoms with Gasteiger partial charge in [-0.2, -0.15) is 0 Å². The van der Waals surface area contributed by atoms with Crippen LogP contribution in [0.2, 0.25) is 0 Å². The molecular weight excluding hydrogens is 262 g/mol. The van der Waals surface area contributed by atoms with Gasteiger partial charge in [0.15, 0.2) is 5.82 Å². The largest absolute Gasteiger partial charge is 0.381 e. The first kappa shape index (κ1) is 14.1.